The third kappa shape index (κ3) is 13.8. The first kappa shape index (κ1) is 47.0. The van der Waals surface area contributed by atoms with Gasteiger partial charge in [-0.3, -0.25) is 9.59 Å². The molecule has 4 aromatic rings. The van der Waals surface area contributed by atoms with Gasteiger partial charge in [-0.2, -0.15) is 0 Å². The highest BCUT2D eigenvalue weighted by molar-refractivity contribution is 6.16. The van der Waals surface area contributed by atoms with Crippen LogP contribution in [-0.4, -0.2) is 190 Å². The van der Waals surface area contributed by atoms with E-state index in [2.05, 4.69) is 0 Å². The number of carbonyl (C=O) groups is 2. The summed E-state index contributed by atoms with van der Waals surface area (Å²) in [4.78, 5) is 32.3. The standard InChI is InChI=1S/C46H60N2O14/c49-43-39(45(51)47-9-13-53-17-21-57-25-29-61-30-26-58-22-18-54-14-10-47)33-35-5-1-3-7-37(35)41(43)42-38-8-4-2-6-36(38)34-40(44(42)50)46(52)48-11-15-55-19-23-59-27-31-62-32-28-60-24-20-56-16-12-48/h1-8,33-34,49-50H,9-32H2. The van der Waals surface area contributed by atoms with E-state index in [1.165, 1.54) is 0 Å². The number of amides is 2. The van der Waals surface area contributed by atoms with E-state index < -0.39 is 11.8 Å². The molecular formula is C46H60N2O14. The third-order valence-electron chi connectivity index (χ3n) is 10.3. The fraction of sp³-hybridized carbons (Fsp3) is 0.522. The molecule has 0 radical (unpaired) electrons. The van der Waals surface area contributed by atoms with E-state index in [0.717, 1.165) is 0 Å². The van der Waals surface area contributed by atoms with Crippen molar-refractivity contribution >= 4 is 33.4 Å². The van der Waals surface area contributed by atoms with Gasteiger partial charge in [-0.25, -0.2) is 0 Å². The van der Waals surface area contributed by atoms with Crippen molar-refractivity contribution in [1.29, 1.82) is 0 Å². The average molecular weight is 865 g/mol. The summed E-state index contributed by atoms with van der Waals surface area (Å²) in [7, 11) is 0. The number of phenolic OH excluding ortho intramolecular Hbond substituents is 2. The molecule has 2 amide bonds. The maximum Gasteiger partial charge on any atom is 0.257 e. The predicted molar refractivity (Wildman–Crippen MR) is 230 cm³/mol. The van der Waals surface area contributed by atoms with Crippen molar-refractivity contribution in [3.8, 4) is 22.6 Å². The van der Waals surface area contributed by atoms with Gasteiger partial charge in [-0.15, -0.1) is 0 Å². The van der Waals surface area contributed by atoms with Gasteiger partial charge in [0.05, 0.1) is 143 Å². The van der Waals surface area contributed by atoms with Gasteiger partial charge >= 0.3 is 0 Å². The highest BCUT2D eigenvalue weighted by Crippen LogP contribution is 2.48. The smallest absolute Gasteiger partial charge is 0.257 e. The second kappa shape index (κ2) is 26.2. The first-order valence-corrected chi connectivity index (χ1v) is 21.4. The first-order chi connectivity index (χ1) is 30.5. The van der Waals surface area contributed by atoms with Crippen LogP contribution in [0.15, 0.2) is 60.7 Å². The van der Waals surface area contributed by atoms with Crippen LogP contribution in [-0.2, 0) is 47.4 Å². The summed E-state index contributed by atoms with van der Waals surface area (Å²) < 4.78 is 56.7. The Kier molecular flexibility index (Phi) is 19.9. The van der Waals surface area contributed by atoms with Crippen molar-refractivity contribution in [2.24, 2.45) is 0 Å². The van der Waals surface area contributed by atoms with Crippen molar-refractivity contribution in [2.45, 2.75) is 0 Å². The normalized spacial score (nSPS) is 19.2. The lowest BCUT2D eigenvalue weighted by Crippen LogP contribution is -2.37. The maximum atomic E-state index is 14.6. The Labute approximate surface area is 362 Å². The van der Waals surface area contributed by atoms with Gasteiger partial charge in [-0.05, 0) is 33.7 Å². The molecule has 16 heteroatoms. The second-order valence-corrected chi connectivity index (χ2v) is 14.4. The second-order valence-electron chi connectivity index (χ2n) is 14.4. The number of phenols is 2. The minimum Gasteiger partial charge on any atom is -0.506 e. The summed E-state index contributed by atoms with van der Waals surface area (Å²) in [6.45, 7) is 7.95. The summed E-state index contributed by atoms with van der Waals surface area (Å²) in [6.07, 6.45) is 0. The van der Waals surface area contributed by atoms with Gasteiger partial charge in [0.25, 0.3) is 11.8 Å². The number of carbonyl (C=O) groups excluding carboxylic acids is 2. The Bertz CT molecular complexity index is 1820. The van der Waals surface area contributed by atoms with Crippen LogP contribution in [0.1, 0.15) is 20.7 Å². The first-order valence-electron chi connectivity index (χ1n) is 21.4. The molecule has 16 nitrogen and oxygen atoms in total. The molecule has 2 aliphatic rings. The van der Waals surface area contributed by atoms with Crippen LogP contribution in [0.2, 0.25) is 0 Å². The monoisotopic (exact) mass is 864 g/mol. The zero-order valence-electron chi connectivity index (χ0n) is 35.4. The summed E-state index contributed by atoms with van der Waals surface area (Å²) in [5, 5.41) is 27.2. The molecule has 0 saturated carbocycles. The van der Waals surface area contributed by atoms with E-state index in [1.54, 1.807) is 21.9 Å². The fourth-order valence-electron chi connectivity index (χ4n) is 7.14. The number of ether oxygens (including phenoxy) is 10. The van der Waals surface area contributed by atoms with Gasteiger partial charge < -0.3 is 67.4 Å². The van der Waals surface area contributed by atoms with Gasteiger partial charge in [0.2, 0.25) is 0 Å². The molecule has 0 unspecified atom stereocenters. The Balaban J connectivity index is 1.32. The van der Waals surface area contributed by atoms with Crippen molar-refractivity contribution in [2.75, 3.05) is 158 Å². The van der Waals surface area contributed by atoms with E-state index in [1.807, 2.05) is 48.5 Å². The van der Waals surface area contributed by atoms with Crippen LogP contribution in [0, 0.1) is 0 Å². The molecule has 62 heavy (non-hydrogen) atoms. The van der Waals surface area contributed by atoms with E-state index in [-0.39, 0.29) is 86.4 Å². The largest absolute Gasteiger partial charge is 0.506 e. The van der Waals surface area contributed by atoms with Crippen molar-refractivity contribution in [3.05, 3.63) is 71.8 Å². The zero-order chi connectivity index (χ0) is 43.2. The molecule has 6 rings (SSSR count). The molecule has 0 bridgehead atoms. The van der Waals surface area contributed by atoms with Crippen molar-refractivity contribution in [1.82, 2.24) is 9.80 Å². The summed E-state index contributed by atoms with van der Waals surface area (Å²) >= 11 is 0. The van der Waals surface area contributed by atoms with Crippen LogP contribution in [0.4, 0.5) is 0 Å². The molecule has 4 aromatic carbocycles. The lowest BCUT2D eigenvalue weighted by molar-refractivity contribution is -0.0176. The molecule has 0 spiro atoms. The molecule has 2 heterocycles. The predicted octanol–water partition coefficient (Wildman–Crippen LogP) is 4.15. The average Bonchev–Trinajstić information content (AvgIpc) is 3.28. The number of hydrogen-bond acceptors (Lipinski definition) is 14. The third-order valence-corrected chi connectivity index (χ3v) is 10.3. The number of rotatable bonds is 3. The minimum atomic E-state index is -0.454. The SMILES string of the molecule is O=C(c1cc2ccccc2c(-c2c(O)c(C(=O)N3CCOCCOCCOCCOCCOCC3)cc3ccccc23)c1O)N1CCOCCOCCOCCOCCOCC1. The van der Waals surface area contributed by atoms with Crippen LogP contribution < -0.4 is 0 Å². The van der Waals surface area contributed by atoms with Crippen molar-refractivity contribution < 1.29 is 67.2 Å². The van der Waals surface area contributed by atoms with Gasteiger partial charge in [0.15, 0.2) is 0 Å². The molecule has 2 saturated heterocycles. The molecule has 2 fully saturated rings. The number of fused-ring (bicyclic) bond motifs is 2. The number of aromatic hydroxyl groups is 2. The molecule has 0 aliphatic carbocycles. The van der Waals surface area contributed by atoms with Crippen LogP contribution in [0.3, 0.4) is 0 Å². The Morgan fingerprint density at radius 3 is 0.887 bits per heavy atom. The highest BCUT2D eigenvalue weighted by atomic mass is 16.6. The van der Waals surface area contributed by atoms with E-state index in [0.29, 0.717) is 127 Å². The van der Waals surface area contributed by atoms with Crippen LogP contribution >= 0.6 is 0 Å². The van der Waals surface area contributed by atoms with Gasteiger partial charge in [0.1, 0.15) is 11.5 Å². The number of hydrogen-bond donors (Lipinski definition) is 2. The van der Waals surface area contributed by atoms with Crippen molar-refractivity contribution in [3.63, 3.8) is 0 Å². The molecule has 2 aliphatic heterocycles. The minimum absolute atomic E-state index is 0.0233. The number of nitrogens with zero attached hydrogens (tertiary/aromatic N) is 2. The Morgan fingerprint density at radius 1 is 0.371 bits per heavy atom. The summed E-state index contributed by atoms with van der Waals surface area (Å²) in [6, 6.07) is 18.0. The van der Waals surface area contributed by atoms with E-state index in [9.17, 15) is 19.8 Å². The molecule has 2 N–H and O–H groups in total. The van der Waals surface area contributed by atoms with E-state index in [4.69, 9.17) is 47.4 Å². The molecule has 0 aromatic heterocycles. The lowest BCUT2D eigenvalue weighted by atomic mass is 9.88. The summed E-state index contributed by atoms with van der Waals surface area (Å²) in [5.74, 6) is -1.58. The van der Waals surface area contributed by atoms with Gasteiger partial charge in [0, 0.05) is 37.3 Å². The molecular weight excluding hydrogens is 805 g/mol. The maximum absolute atomic E-state index is 14.6. The van der Waals surface area contributed by atoms with E-state index >= 15 is 0 Å². The Hall–Kier alpha value is -4.46. The molecule has 0 atom stereocenters. The van der Waals surface area contributed by atoms with Crippen LogP contribution in [0.25, 0.3) is 32.7 Å². The summed E-state index contributed by atoms with van der Waals surface area (Å²) in [5.41, 5.74) is 0.489. The quantitative estimate of drug-likeness (QED) is 0.301. The topological polar surface area (TPSA) is 173 Å². The number of benzene rings is 4. The lowest BCUT2D eigenvalue weighted by Gasteiger charge is -2.26. The Morgan fingerprint density at radius 2 is 0.613 bits per heavy atom. The van der Waals surface area contributed by atoms with Gasteiger partial charge in [-0.1, -0.05) is 48.5 Å². The highest BCUT2D eigenvalue weighted by Gasteiger charge is 2.29. The molecule has 338 valence electrons. The fourth-order valence-corrected chi connectivity index (χ4v) is 7.14. The van der Waals surface area contributed by atoms with Crippen LogP contribution in [0.5, 0.6) is 11.5 Å². The zero-order valence-corrected chi connectivity index (χ0v) is 35.4.